The van der Waals surface area contributed by atoms with Gasteiger partial charge in [-0.05, 0) is 42.9 Å². The van der Waals surface area contributed by atoms with E-state index in [1.165, 1.54) is 30.3 Å². The second-order valence-electron chi connectivity index (χ2n) is 9.50. The fourth-order valence-electron chi connectivity index (χ4n) is 4.15. The zero-order valence-electron chi connectivity index (χ0n) is 22.0. The average molecular weight is 612 g/mol. The molecule has 1 aliphatic heterocycles. The Kier molecular flexibility index (Phi) is 9.20. The van der Waals surface area contributed by atoms with Crippen molar-refractivity contribution < 1.29 is 35.9 Å². The molecule has 14 heteroatoms. The SMILES string of the molecule is CN1CCN(Cc2ccc(NC(=O)c3ccc(Cl)c(C#Cc4cc(OC(F)(F)F)cnc4N)c3)cc2C(F)(F)F)CC1. The van der Waals surface area contributed by atoms with E-state index >= 15 is 0 Å². The van der Waals surface area contributed by atoms with Gasteiger partial charge in [-0.3, -0.25) is 9.69 Å². The van der Waals surface area contributed by atoms with Gasteiger partial charge in [0.25, 0.3) is 5.91 Å². The number of anilines is 2. The number of nitrogens with zero attached hydrogens (tertiary/aromatic N) is 3. The van der Waals surface area contributed by atoms with E-state index in [2.05, 4.69) is 31.8 Å². The molecule has 1 amide bonds. The van der Waals surface area contributed by atoms with E-state index < -0.39 is 29.8 Å². The van der Waals surface area contributed by atoms with Crippen molar-refractivity contribution in [2.24, 2.45) is 0 Å². The zero-order valence-corrected chi connectivity index (χ0v) is 22.8. The summed E-state index contributed by atoms with van der Waals surface area (Å²) in [6.07, 6.45) is -8.79. The van der Waals surface area contributed by atoms with Crippen LogP contribution in [0.5, 0.6) is 5.75 Å². The number of carbonyl (C=O) groups is 1. The molecular formula is C28H24ClF6N5O2. The fraction of sp³-hybridized carbons (Fsp3) is 0.286. The number of rotatable bonds is 5. The van der Waals surface area contributed by atoms with E-state index in [0.29, 0.717) is 13.1 Å². The first-order chi connectivity index (χ1) is 19.7. The summed E-state index contributed by atoms with van der Waals surface area (Å²) in [5.74, 6) is 3.64. The molecule has 1 aromatic heterocycles. The van der Waals surface area contributed by atoms with Gasteiger partial charge in [0.05, 0.1) is 22.3 Å². The van der Waals surface area contributed by atoms with Crippen LogP contribution in [0.15, 0.2) is 48.7 Å². The molecule has 4 rings (SSSR count). The molecule has 1 saturated heterocycles. The summed E-state index contributed by atoms with van der Waals surface area (Å²) in [6.45, 7) is 2.92. The van der Waals surface area contributed by atoms with Gasteiger partial charge in [0.2, 0.25) is 0 Å². The molecule has 0 saturated carbocycles. The average Bonchev–Trinajstić information content (AvgIpc) is 2.90. The number of likely N-dealkylation sites (N-methyl/N-ethyl adjacent to an activating group) is 1. The lowest BCUT2D eigenvalue weighted by molar-refractivity contribution is -0.274. The lowest BCUT2D eigenvalue weighted by Crippen LogP contribution is -2.44. The second-order valence-corrected chi connectivity index (χ2v) is 9.91. The molecule has 2 heterocycles. The van der Waals surface area contributed by atoms with Gasteiger partial charge in [-0.15, -0.1) is 13.2 Å². The summed E-state index contributed by atoms with van der Waals surface area (Å²) in [5.41, 5.74) is 4.96. The van der Waals surface area contributed by atoms with E-state index in [0.717, 1.165) is 31.4 Å². The van der Waals surface area contributed by atoms with Crippen molar-refractivity contribution in [1.82, 2.24) is 14.8 Å². The zero-order chi connectivity index (χ0) is 30.7. The minimum atomic E-state index is -4.95. The molecule has 0 bridgehead atoms. The Labute approximate surface area is 242 Å². The first kappa shape index (κ1) is 31.0. The fourth-order valence-corrected chi connectivity index (χ4v) is 4.31. The number of nitrogens with two attached hydrogens (primary N) is 1. The normalized spacial score (nSPS) is 14.7. The van der Waals surface area contributed by atoms with Crippen molar-refractivity contribution >= 4 is 29.0 Å². The quantitative estimate of drug-likeness (QED) is 0.287. The summed E-state index contributed by atoms with van der Waals surface area (Å²) in [4.78, 5) is 20.6. The Morgan fingerprint density at radius 3 is 2.38 bits per heavy atom. The second kappa shape index (κ2) is 12.5. The Balaban J connectivity index is 1.53. The molecule has 42 heavy (non-hydrogen) atoms. The number of hydrogen-bond donors (Lipinski definition) is 2. The number of halogens is 7. The number of aromatic nitrogens is 1. The van der Waals surface area contributed by atoms with Gasteiger partial charge in [0, 0.05) is 55.6 Å². The van der Waals surface area contributed by atoms with Crippen molar-refractivity contribution in [2.75, 3.05) is 44.3 Å². The highest BCUT2D eigenvalue weighted by Crippen LogP contribution is 2.35. The molecule has 0 radical (unpaired) electrons. The topological polar surface area (TPSA) is 83.7 Å². The number of benzene rings is 2. The summed E-state index contributed by atoms with van der Waals surface area (Å²) in [5, 5.41) is 2.57. The molecule has 0 aliphatic carbocycles. The van der Waals surface area contributed by atoms with Crippen molar-refractivity contribution in [3.8, 4) is 17.6 Å². The highest BCUT2D eigenvalue weighted by molar-refractivity contribution is 6.32. The minimum Gasteiger partial charge on any atom is -0.404 e. The van der Waals surface area contributed by atoms with Gasteiger partial charge < -0.3 is 20.7 Å². The van der Waals surface area contributed by atoms with Crippen LogP contribution in [0.25, 0.3) is 0 Å². The number of amides is 1. The van der Waals surface area contributed by atoms with Gasteiger partial charge in [-0.2, -0.15) is 13.2 Å². The summed E-state index contributed by atoms with van der Waals surface area (Å²) in [7, 11) is 1.95. The molecule has 1 fully saturated rings. The van der Waals surface area contributed by atoms with E-state index in [4.69, 9.17) is 17.3 Å². The molecule has 0 atom stereocenters. The van der Waals surface area contributed by atoms with Crippen molar-refractivity contribution in [2.45, 2.75) is 19.1 Å². The Hall–Kier alpha value is -3.99. The standard InChI is InChI=1S/C28H24ClF6N5O2/c1-39-8-10-40(11-9-39)16-20-4-6-21(14-23(20)27(30,31)32)38-26(41)19-5-7-24(29)17(12-19)2-3-18-13-22(15-37-25(18)36)42-28(33,34)35/h4-7,12-15H,8-11,16H2,1H3,(H2,36,37)(H,38,41). The molecule has 2 aromatic carbocycles. The van der Waals surface area contributed by atoms with E-state index in [1.807, 2.05) is 11.9 Å². The van der Waals surface area contributed by atoms with Gasteiger partial charge in [-0.1, -0.05) is 29.5 Å². The number of carbonyl (C=O) groups excluding carboxylic acids is 1. The van der Waals surface area contributed by atoms with Crippen molar-refractivity contribution in [3.05, 3.63) is 81.5 Å². The number of nitrogens with one attached hydrogen (secondary N) is 1. The molecule has 222 valence electrons. The number of hydrogen-bond acceptors (Lipinski definition) is 6. The Bertz CT molecular complexity index is 1530. The summed E-state index contributed by atoms with van der Waals surface area (Å²) < 4.78 is 83.2. The van der Waals surface area contributed by atoms with E-state index in [1.54, 1.807) is 0 Å². The molecular weight excluding hydrogens is 588 g/mol. The maximum absolute atomic E-state index is 13.9. The highest BCUT2D eigenvalue weighted by Gasteiger charge is 2.34. The molecule has 3 N–H and O–H groups in total. The molecule has 1 aliphatic rings. The van der Waals surface area contributed by atoms with Gasteiger partial charge >= 0.3 is 12.5 Å². The molecule has 3 aromatic rings. The first-order valence-electron chi connectivity index (χ1n) is 12.4. The van der Waals surface area contributed by atoms with Crippen molar-refractivity contribution in [3.63, 3.8) is 0 Å². The molecule has 0 unspecified atom stereocenters. The van der Waals surface area contributed by atoms with Crippen LogP contribution in [0.1, 0.15) is 32.6 Å². The largest absolute Gasteiger partial charge is 0.573 e. The summed E-state index contributed by atoms with van der Waals surface area (Å²) >= 11 is 6.18. The van der Waals surface area contributed by atoms with Crippen LogP contribution in [0.2, 0.25) is 5.02 Å². The van der Waals surface area contributed by atoms with Crippen LogP contribution < -0.4 is 15.8 Å². The minimum absolute atomic E-state index is 0.0269. The number of piperazine rings is 1. The maximum Gasteiger partial charge on any atom is 0.573 e. The van der Waals surface area contributed by atoms with Crippen LogP contribution in [-0.4, -0.2) is 60.3 Å². The van der Waals surface area contributed by atoms with Crippen molar-refractivity contribution in [1.29, 1.82) is 0 Å². The number of alkyl halides is 6. The number of ether oxygens (including phenoxy) is 1. The third-order valence-corrected chi connectivity index (χ3v) is 6.68. The Morgan fingerprint density at radius 2 is 1.71 bits per heavy atom. The first-order valence-corrected chi connectivity index (χ1v) is 12.8. The van der Waals surface area contributed by atoms with Crippen LogP contribution in [0.4, 0.5) is 37.8 Å². The third kappa shape index (κ3) is 8.28. The predicted molar refractivity (Wildman–Crippen MR) is 145 cm³/mol. The van der Waals surface area contributed by atoms with Gasteiger partial charge in [-0.25, -0.2) is 4.98 Å². The van der Waals surface area contributed by atoms with Crippen LogP contribution in [0.3, 0.4) is 0 Å². The lowest BCUT2D eigenvalue weighted by atomic mass is 10.0. The monoisotopic (exact) mass is 611 g/mol. The lowest BCUT2D eigenvalue weighted by Gasteiger charge is -2.33. The third-order valence-electron chi connectivity index (χ3n) is 6.35. The van der Waals surface area contributed by atoms with Crippen LogP contribution >= 0.6 is 11.6 Å². The molecule has 7 nitrogen and oxygen atoms in total. The predicted octanol–water partition coefficient (Wildman–Crippen LogP) is 5.63. The molecule has 0 spiro atoms. The smallest absolute Gasteiger partial charge is 0.404 e. The van der Waals surface area contributed by atoms with Gasteiger partial charge in [0.15, 0.2) is 0 Å². The maximum atomic E-state index is 13.9. The Morgan fingerprint density at radius 1 is 1.02 bits per heavy atom. The number of nitrogen functional groups attached to an aromatic ring is 1. The summed E-state index contributed by atoms with van der Waals surface area (Å²) in [6, 6.07) is 8.58. The highest BCUT2D eigenvalue weighted by atomic mass is 35.5. The van der Waals surface area contributed by atoms with E-state index in [9.17, 15) is 31.1 Å². The van der Waals surface area contributed by atoms with Crippen LogP contribution in [-0.2, 0) is 12.7 Å². The van der Waals surface area contributed by atoms with Gasteiger partial charge in [0.1, 0.15) is 11.6 Å². The van der Waals surface area contributed by atoms with E-state index in [-0.39, 0.29) is 45.3 Å². The number of pyridine rings is 1. The van der Waals surface area contributed by atoms with Crippen LogP contribution in [0, 0.1) is 11.8 Å².